The van der Waals surface area contributed by atoms with Gasteiger partial charge in [-0.1, -0.05) is 24.3 Å². The van der Waals surface area contributed by atoms with Crippen molar-refractivity contribution in [1.82, 2.24) is 0 Å². The molecule has 0 aliphatic rings. The van der Waals surface area contributed by atoms with Crippen LogP contribution in [0.4, 0.5) is 0 Å². The van der Waals surface area contributed by atoms with Gasteiger partial charge in [0, 0.05) is 0 Å². The summed E-state index contributed by atoms with van der Waals surface area (Å²) >= 11 is 0. The number of benzene rings is 2. The van der Waals surface area contributed by atoms with E-state index in [9.17, 15) is 0 Å². The van der Waals surface area contributed by atoms with E-state index in [4.69, 9.17) is 19.7 Å². The number of phenols is 2. The molecule has 2 N–H and O–H groups in total. The second kappa shape index (κ2) is 8.69. The fourth-order valence-corrected chi connectivity index (χ4v) is 1.47. The summed E-state index contributed by atoms with van der Waals surface area (Å²) in [5.41, 5.74) is 0. The van der Waals surface area contributed by atoms with Gasteiger partial charge in [0.05, 0.1) is 13.2 Å². The zero-order chi connectivity index (χ0) is 14.8. The zero-order valence-electron chi connectivity index (χ0n) is 11.7. The Bertz CT molecular complexity index is 464. The van der Waals surface area contributed by atoms with Crippen molar-refractivity contribution in [3.63, 3.8) is 0 Å². The van der Waals surface area contributed by atoms with E-state index in [0.717, 1.165) is 0 Å². The van der Waals surface area contributed by atoms with Crippen LogP contribution < -0.4 is 9.47 Å². The van der Waals surface area contributed by atoms with Crippen LogP contribution in [0.15, 0.2) is 48.5 Å². The number of hydrogen-bond acceptors (Lipinski definition) is 4. The molecule has 0 atom stereocenters. The van der Waals surface area contributed by atoms with Gasteiger partial charge in [-0.25, -0.2) is 0 Å². The highest BCUT2D eigenvalue weighted by Gasteiger charge is 1.96. The molecule has 0 bridgehead atoms. The third-order valence-electron chi connectivity index (χ3n) is 2.33. The standard InChI is InChI=1S/2C8H10O2/c2*1-2-10-8-6-4-3-5-7(8)9/h2*3-6,9H,2H2,1H3. The van der Waals surface area contributed by atoms with Gasteiger partial charge in [0.1, 0.15) is 0 Å². The largest absolute Gasteiger partial charge is 0.504 e. The molecule has 0 fully saturated rings. The minimum absolute atomic E-state index is 0.198. The molecule has 0 aliphatic heterocycles. The smallest absolute Gasteiger partial charge is 0.160 e. The summed E-state index contributed by atoms with van der Waals surface area (Å²) in [6.07, 6.45) is 0. The van der Waals surface area contributed by atoms with Crippen molar-refractivity contribution in [3.8, 4) is 23.0 Å². The summed E-state index contributed by atoms with van der Waals surface area (Å²) in [6.45, 7) is 4.92. The molecule has 20 heavy (non-hydrogen) atoms. The lowest BCUT2D eigenvalue weighted by Crippen LogP contribution is -1.90. The average Bonchev–Trinajstić information content (AvgIpc) is 2.45. The van der Waals surface area contributed by atoms with Gasteiger partial charge >= 0.3 is 0 Å². The van der Waals surface area contributed by atoms with Crippen molar-refractivity contribution in [2.24, 2.45) is 0 Å². The van der Waals surface area contributed by atoms with Crippen molar-refractivity contribution in [2.45, 2.75) is 13.8 Å². The summed E-state index contributed by atoms with van der Waals surface area (Å²) in [6, 6.07) is 13.8. The predicted molar refractivity (Wildman–Crippen MR) is 78.6 cm³/mol. The Hall–Kier alpha value is -2.36. The lowest BCUT2D eigenvalue weighted by molar-refractivity contribution is 0.318. The van der Waals surface area contributed by atoms with E-state index in [1.54, 1.807) is 36.4 Å². The lowest BCUT2D eigenvalue weighted by atomic mass is 10.3. The van der Waals surface area contributed by atoms with E-state index < -0.39 is 0 Å². The fraction of sp³-hybridized carbons (Fsp3) is 0.250. The number of hydrogen-bond donors (Lipinski definition) is 2. The summed E-state index contributed by atoms with van der Waals surface area (Å²) in [7, 11) is 0. The monoisotopic (exact) mass is 276 g/mol. The number of ether oxygens (including phenoxy) is 2. The van der Waals surface area contributed by atoms with E-state index in [2.05, 4.69) is 0 Å². The maximum absolute atomic E-state index is 9.12. The van der Waals surface area contributed by atoms with E-state index in [-0.39, 0.29) is 11.5 Å². The Morgan fingerprint density at radius 1 is 0.700 bits per heavy atom. The Kier molecular flexibility index (Phi) is 6.82. The maximum Gasteiger partial charge on any atom is 0.160 e. The molecular formula is C16H20O4. The van der Waals surface area contributed by atoms with Crippen LogP contribution in [-0.4, -0.2) is 23.4 Å². The molecule has 0 unspecified atom stereocenters. The third kappa shape index (κ3) is 5.10. The average molecular weight is 276 g/mol. The number of phenolic OH excluding ortho intramolecular Hbond substituents is 2. The van der Waals surface area contributed by atoms with E-state index in [1.165, 1.54) is 0 Å². The molecule has 0 amide bonds. The van der Waals surface area contributed by atoms with Crippen LogP contribution in [0.5, 0.6) is 23.0 Å². The summed E-state index contributed by atoms with van der Waals surface area (Å²) in [5.74, 6) is 1.49. The van der Waals surface area contributed by atoms with Crippen LogP contribution in [-0.2, 0) is 0 Å². The fourth-order valence-electron chi connectivity index (χ4n) is 1.47. The van der Waals surface area contributed by atoms with Gasteiger partial charge in [-0.2, -0.15) is 0 Å². The lowest BCUT2D eigenvalue weighted by Gasteiger charge is -2.02. The molecule has 2 rings (SSSR count). The third-order valence-corrected chi connectivity index (χ3v) is 2.33. The molecule has 0 radical (unpaired) electrons. The Labute approximate surface area is 119 Å². The minimum atomic E-state index is 0.198. The van der Waals surface area contributed by atoms with Gasteiger partial charge in [-0.15, -0.1) is 0 Å². The van der Waals surface area contributed by atoms with Gasteiger partial charge in [-0.05, 0) is 38.1 Å². The molecule has 4 heteroatoms. The van der Waals surface area contributed by atoms with Crippen molar-refractivity contribution < 1.29 is 19.7 Å². The van der Waals surface area contributed by atoms with Crippen LogP contribution in [0, 0.1) is 0 Å². The Morgan fingerprint density at radius 3 is 1.35 bits per heavy atom. The first-order valence-corrected chi connectivity index (χ1v) is 6.50. The van der Waals surface area contributed by atoms with Crippen molar-refractivity contribution in [3.05, 3.63) is 48.5 Å². The highest BCUT2D eigenvalue weighted by atomic mass is 16.5. The van der Waals surface area contributed by atoms with Gasteiger partial charge in [0.15, 0.2) is 23.0 Å². The number of para-hydroxylation sites is 4. The van der Waals surface area contributed by atoms with Crippen LogP contribution in [0.25, 0.3) is 0 Å². The maximum atomic E-state index is 9.12. The van der Waals surface area contributed by atoms with E-state index in [0.29, 0.717) is 24.7 Å². The molecule has 0 aromatic heterocycles. The van der Waals surface area contributed by atoms with Gasteiger partial charge < -0.3 is 19.7 Å². The Balaban J connectivity index is 0.000000200. The molecule has 0 spiro atoms. The van der Waals surface area contributed by atoms with E-state index >= 15 is 0 Å². The number of aromatic hydroxyl groups is 2. The van der Waals surface area contributed by atoms with Gasteiger partial charge in [-0.3, -0.25) is 0 Å². The predicted octanol–water partition coefficient (Wildman–Crippen LogP) is 3.58. The first-order chi connectivity index (χ1) is 9.69. The quantitative estimate of drug-likeness (QED) is 0.896. The molecule has 108 valence electrons. The Morgan fingerprint density at radius 2 is 1.05 bits per heavy atom. The first-order valence-electron chi connectivity index (χ1n) is 6.50. The summed E-state index contributed by atoms with van der Waals surface area (Å²) in [5, 5.41) is 18.2. The molecular weight excluding hydrogens is 256 g/mol. The van der Waals surface area contributed by atoms with Gasteiger partial charge in [0.25, 0.3) is 0 Å². The highest BCUT2D eigenvalue weighted by Crippen LogP contribution is 2.24. The van der Waals surface area contributed by atoms with Crippen LogP contribution in [0.3, 0.4) is 0 Å². The van der Waals surface area contributed by atoms with Crippen LogP contribution in [0.1, 0.15) is 13.8 Å². The topological polar surface area (TPSA) is 58.9 Å². The second-order valence-corrected chi connectivity index (χ2v) is 3.80. The normalized spacial score (nSPS) is 9.30. The molecule has 4 nitrogen and oxygen atoms in total. The molecule has 2 aromatic rings. The van der Waals surface area contributed by atoms with Crippen molar-refractivity contribution in [2.75, 3.05) is 13.2 Å². The van der Waals surface area contributed by atoms with Crippen molar-refractivity contribution >= 4 is 0 Å². The zero-order valence-corrected chi connectivity index (χ0v) is 11.7. The van der Waals surface area contributed by atoms with Gasteiger partial charge in [0.2, 0.25) is 0 Å². The molecule has 2 aromatic carbocycles. The van der Waals surface area contributed by atoms with Crippen molar-refractivity contribution in [1.29, 1.82) is 0 Å². The second-order valence-electron chi connectivity index (χ2n) is 3.80. The van der Waals surface area contributed by atoms with Crippen LogP contribution >= 0.6 is 0 Å². The first kappa shape index (κ1) is 15.7. The SMILES string of the molecule is CCOc1ccccc1O.CCOc1ccccc1O. The molecule has 0 heterocycles. The highest BCUT2D eigenvalue weighted by molar-refractivity contribution is 5.38. The molecule has 0 aliphatic carbocycles. The van der Waals surface area contributed by atoms with E-state index in [1.807, 2.05) is 26.0 Å². The molecule has 0 saturated carbocycles. The minimum Gasteiger partial charge on any atom is -0.504 e. The summed E-state index contributed by atoms with van der Waals surface area (Å²) < 4.78 is 10.2. The number of rotatable bonds is 4. The molecule has 0 saturated heterocycles. The van der Waals surface area contributed by atoms with Crippen LogP contribution in [0.2, 0.25) is 0 Å². The summed E-state index contributed by atoms with van der Waals surface area (Å²) in [4.78, 5) is 0.